The van der Waals surface area contributed by atoms with Gasteiger partial charge in [-0.15, -0.1) is 0 Å². The number of urea groups is 1. The van der Waals surface area contributed by atoms with Crippen LogP contribution in [0, 0.1) is 20.8 Å². The maximum atomic E-state index is 12.9. The highest BCUT2D eigenvalue weighted by Crippen LogP contribution is 2.26. The van der Waals surface area contributed by atoms with Gasteiger partial charge >= 0.3 is 6.03 Å². The molecule has 0 heterocycles. The zero-order chi connectivity index (χ0) is 22.8. The van der Waals surface area contributed by atoms with Gasteiger partial charge in [-0.3, -0.25) is 4.72 Å². The van der Waals surface area contributed by atoms with E-state index in [-0.39, 0.29) is 4.90 Å². The summed E-state index contributed by atoms with van der Waals surface area (Å²) < 4.78 is 29.2. The quantitative estimate of drug-likeness (QED) is 0.359. The molecule has 3 aromatic rings. The molecule has 0 saturated carbocycles. The number of nitrogens with one attached hydrogen (secondary N) is 3. The van der Waals surface area contributed by atoms with Gasteiger partial charge in [-0.1, -0.05) is 33.6 Å². The van der Waals surface area contributed by atoms with E-state index in [2.05, 4.69) is 31.3 Å². The molecular formula is C22H21BrClN3O3S. The van der Waals surface area contributed by atoms with E-state index in [0.29, 0.717) is 27.6 Å². The average molecular weight is 523 g/mol. The van der Waals surface area contributed by atoms with Crippen LogP contribution in [0.15, 0.2) is 64.0 Å². The van der Waals surface area contributed by atoms with Crippen LogP contribution in [0.5, 0.6) is 0 Å². The maximum absolute atomic E-state index is 12.9. The lowest BCUT2D eigenvalue weighted by atomic mass is 10.1. The van der Waals surface area contributed by atoms with Crippen molar-refractivity contribution in [3.63, 3.8) is 0 Å². The van der Waals surface area contributed by atoms with E-state index >= 15 is 0 Å². The van der Waals surface area contributed by atoms with Crippen molar-refractivity contribution < 1.29 is 13.2 Å². The van der Waals surface area contributed by atoms with Crippen molar-refractivity contribution in [3.8, 4) is 0 Å². The molecule has 31 heavy (non-hydrogen) atoms. The molecule has 0 radical (unpaired) electrons. The average Bonchev–Trinajstić information content (AvgIpc) is 2.68. The van der Waals surface area contributed by atoms with Crippen molar-refractivity contribution in [2.45, 2.75) is 25.7 Å². The first-order valence-corrected chi connectivity index (χ1v) is 11.9. The Labute approximate surface area is 195 Å². The molecule has 0 aliphatic heterocycles. The number of anilines is 3. The van der Waals surface area contributed by atoms with Crippen LogP contribution in [-0.4, -0.2) is 14.4 Å². The summed E-state index contributed by atoms with van der Waals surface area (Å²) in [6.45, 7) is 5.48. The highest BCUT2D eigenvalue weighted by molar-refractivity contribution is 9.10. The zero-order valence-corrected chi connectivity index (χ0v) is 20.2. The Balaban J connectivity index is 1.80. The summed E-state index contributed by atoms with van der Waals surface area (Å²) in [5.74, 6) is 0. The van der Waals surface area contributed by atoms with Crippen molar-refractivity contribution in [3.05, 3.63) is 80.8 Å². The van der Waals surface area contributed by atoms with Gasteiger partial charge in [0.05, 0.1) is 4.90 Å². The van der Waals surface area contributed by atoms with Gasteiger partial charge in [0.25, 0.3) is 10.0 Å². The molecule has 0 aliphatic carbocycles. The molecule has 0 atom stereocenters. The number of benzene rings is 3. The van der Waals surface area contributed by atoms with Gasteiger partial charge in [0.2, 0.25) is 0 Å². The van der Waals surface area contributed by atoms with Gasteiger partial charge in [0, 0.05) is 26.6 Å². The Hall–Kier alpha value is -2.55. The normalized spacial score (nSPS) is 11.1. The molecular weight excluding hydrogens is 502 g/mol. The van der Waals surface area contributed by atoms with Crippen molar-refractivity contribution in [1.29, 1.82) is 0 Å². The topological polar surface area (TPSA) is 87.3 Å². The lowest BCUT2D eigenvalue weighted by Crippen LogP contribution is -2.21. The van der Waals surface area contributed by atoms with Crippen LogP contribution in [0.4, 0.5) is 21.9 Å². The van der Waals surface area contributed by atoms with E-state index in [1.807, 2.05) is 26.0 Å². The van der Waals surface area contributed by atoms with E-state index < -0.39 is 16.1 Å². The Morgan fingerprint density at radius 2 is 1.42 bits per heavy atom. The monoisotopic (exact) mass is 521 g/mol. The summed E-state index contributed by atoms with van der Waals surface area (Å²) in [5, 5.41) is 6.03. The maximum Gasteiger partial charge on any atom is 0.323 e. The van der Waals surface area contributed by atoms with Gasteiger partial charge in [0.15, 0.2) is 0 Å². The molecule has 0 unspecified atom stereocenters. The Morgan fingerprint density at radius 3 is 2.03 bits per heavy atom. The predicted molar refractivity (Wildman–Crippen MR) is 130 cm³/mol. The summed E-state index contributed by atoms with van der Waals surface area (Å²) in [6, 6.07) is 14.4. The number of amides is 2. The minimum atomic E-state index is -3.86. The summed E-state index contributed by atoms with van der Waals surface area (Å²) in [5.41, 5.74) is 3.80. The molecule has 3 aromatic carbocycles. The van der Waals surface area contributed by atoms with E-state index in [0.717, 1.165) is 15.6 Å². The minimum absolute atomic E-state index is 0.0660. The van der Waals surface area contributed by atoms with E-state index in [4.69, 9.17) is 11.6 Å². The van der Waals surface area contributed by atoms with Gasteiger partial charge in [-0.2, -0.15) is 0 Å². The number of halogens is 2. The number of rotatable bonds is 5. The smallest absolute Gasteiger partial charge is 0.308 e. The fraction of sp³-hybridized carbons (Fsp3) is 0.136. The number of hydrogen-bond donors (Lipinski definition) is 3. The number of aryl methyl sites for hydroxylation is 3. The van der Waals surface area contributed by atoms with Crippen molar-refractivity contribution in [2.75, 3.05) is 15.4 Å². The first-order chi connectivity index (χ1) is 14.5. The second-order valence-electron chi connectivity index (χ2n) is 7.09. The first-order valence-electron chi connectivity index (χ1n) is 9.29. The molecule has 162 valence electrons. The first kappa shape index (κ1) is 23.1. The lowest BCUT2D eigenvalue weighted by molar-refractivity contribution is 0.262. The Morgan fingerprint density at radius 1 is 0.839 bits per heavy atom. The van der Waals surface area contributed by atoms with E-state index in [1.165, 1.54) is 6.07 Å². The fourth-order valence-electron chi connectivity index (χ4n) is 3.08. The van der Waals surface area contributed by atoms with Gasteiger partial charge in [-0.05, 0) is 86.0 Å². The van der Waals surface area contributed by atoms with Gasteiger partial charge in [-0.25, -0.2) is 13.2 Å². The van der Waals surface area contributed by atoms with Crippen LogP contribution in [0.1, 0.15) is 16.7 Å². The third-order valence-electron chi connectivity index (χ3n) is 4.57. The fourth-order valence-corrected chi connectivity index (χ4v) is 5.22. The Bertz CT molecular complexity index is 1220. The summed E-state index contributed by atoms with van der Waals surface area (Å²) in [7, 11) is -3.86. The molecule has 0 aliphatic rings. The molecule has 3 N–H and O–H groups in total. The molecule has 0 fully saturated rings. The van der Waals surface area contributed by atoms with Crippen molar-refractivity contribution in [2.24, 2.45) is 0 Å². The zero-order valence-electron chi connectivity index (χ0n) is 17.1. The molecule has 3 rings (SSSR count). The number of carbonyl (C=O) groups is 1. The van der Waals surface area contributed by atoms with Crippen molar-refractivity contribution >= 4 is 60.6 Å². The SMILES string of the molecule is Cc1ccc(NC(=O)Nc2c(C)cc(Br)cc2C)cc1S(=O)(=O)Nc1ccc(Cl)cc1. The largest absolute Gasteiger partial charge is 0.323 e. The van der Waals surface area contributed by atoms with Crippen LogP contribution < -0.4 is 15.4 Å². The molecule has 0 saturated heterocycles. The molecule has 0 spiro atoms. The molecule has 9 heteroatoms. The standard InChI is InChI=1S/C22H21BrClN3O3S/c1-13-4-7-19(25-22(28)26-21-14(2)10-16(23)11-15(21)3)12-20(13)31(29,30)27-18-8-5-17(24)6-9-18/h4-12,27H,1-3H3,(H2,25,26,28). The minimum Gasteiger partial charge on any atom is -0.308 e. The van der Waals surface area contributed by atoms with Crippen LogP contribution in [-0.2, 0) is 10.0 Å². The summed E-state index contributed by atoms with van der Waals surface area (Å²) >= 11 is 9.28. The third kappa shape index (κ3) is 5.78. The molecule has 0 bridgehead atoms. The van der Waals surface area contributed by atoms with Crippen LogP contribution in [0.2, 0.25) is 5.02 Å². The van der Waals surface area contributed by atoms with Crippen molar-refractivity contribution in [1.82, 2.24) is 0 Å². The van der Waals surface area contributed by atoms with E-state index in [1.54, 1.807) is 43.3 Å². The lowest BCUT2D eigenvalue weighted by Gasteiger charge is -2.15. The number of sulfonamides is 1. The second kappa shape index (κ2) is 9.30. The molecule has 6 nitrogen and oxygen atoms in total. The van der Waals surface area contributed by atoms with Crippen LogP contribution in [0.3, 0.4) is 0 Å². The molecule has 0 aromatic heterocycles. The number of carbonyl (C=O) groups excluding carboxylic acids is 1. The highest BCUT2D eigenvalue weighted by atomic mass is 79.9. The second-order valence-corrected chi connectivity index (χ2v) is 10.1. The van der Waals surface area contributed by atoms with Crippen LogP contribution in [0.25, 0.3) is 0 Å². The van der Waals surface area contributed by atoms with Gasteiger partial charge in [0.1, 0.15) is 0 Å². The molecule has 2 amide bonds. The summed E-state index contributed by atoms with van der Waals surface area (Å²) in [6.07, 6.45) is 0. The predicted octanol–water partition coefficient (Wildman–Crippen LogP) is 6.47. The third-order valence-corrected chi connectivity index (χ3v) is 6.80. The van der Waals surface area contributed by atoms with Gasteiger partial charge < -0.3 is 10.6 Å². The highest BCUT2D eigenvalue weighted by Gasteiger charge is 2.18. The van der Waals surface area contributed by atoms with Crippen LogP contribution >= 0.6 is 27.5 Å². The van der Waals surface area contributed by atoms with E-state index in [9.17, 15) is 13.2 Å². The summed E-state index contributed by atoms with van der Waals surface area (Å²) in [4.78, 5) is 12.6. The Kier molecular flexibility index (Phi) is 6.93. The number of hydrogen-bond acceptors (Lipinski definition) is 3.